The lowest BCUT2D eigenvalue weighted by Crippen LogP contribution is -2.31. The van der Waals surface area contributed by atoms with E-state index < -0.39 is 6.10 Å². The predicted octanol–water partition coefficient (Wildman–Crippen LogP) is 1.98. The number of hydrogen-bond acceptors (Lipinski definition) is 2. The first-order chi connectivity index (χ1) is 7.57. The Bertz CT molecular complexity index is 373. The number of para-hydroxylation sites is 1. The molecule has 1 amide bonds. The minimum atomic E-state index is -0.765. The summed E-state index contributed by atoms with van der Waals surface area (Å²) in [7, 11) is 1.67. The third-order valence-electron chi connectivity index (χ3n) is 2.51. The van der Waals surface area contributed by atoms with Gasteiger partial charge in [0.1, 0.15) is 0 Å². The van der Waals surface area contributed by atoms with Gasteiger partial charge >= 0.3 is 0 Å². The summed E-state index contributed by atoms with van der Waals surface area (Å²) in [5.74, 6) is -0.249. The van der Waals surface area contributed by atoms with Gasteiger partial charge in [-0.25, -0.2) is 0 Å². The second-order valence-electron chi connectivity index (χ2n) is 3.65. The van der Waals surface area contributed by atoms with Gasteiger partial charge in [-0.15, -0.1) is 0 Å². The fraction of sp³-hybridized carbons (Fsp3) is 0.308. The fourth-order valence-electron chi connectivity index (χ4n) is 1.37. The van der Waals surface area contributed by atoms with Crippen LogP contribution in [0, 0.1) is 0 Å². The maximum Gasteiger partial charge on any atom is 0.255 e. The van der Waals surface area contributed by atoms with Crippen molar-refractivity contribution in [2.75, 3.05) is 11.9 Å². The summed E-state index contributed by atoms with van der Waals surface area (Å²) in [4.78, 5) is 13.4. The van der Waals surface area contributed by atoms with Crippen LogP contribution in [0.25, 0.3) is 0 Å². The van der Waals surface area contributed by atoms with E-state index in [2.05, 4.69) is 6.58 Å². The SMILES string of the molecule is C=C(C(=O)N(C)c1ccccc1)C(O)CC. The molecular formula is C13H17NO2. The van der Waals surface area contributed by atoms with Crippen LogP contribution in [0.2, 0.25) is 0 Å². The lowest BCUT2D eigenvalue weighted by molar-refractivity contribution is -0.115. The molecule has 1 aromatic carbocycles. The third kappa shape index (κ3) is 2.70. The number of anilines is 1. The summed E-state index contributed by atoms with van der Waals surface area (Å²) in [5.41, 5.74) is 1.02. The van der Waals surface area contributed by atoms with Gasteiger partial charge in [-0.2, -0.15) is 0 Å². The van der Waals surface area contributed by atoms with Crippen LogP contribution in [0.5, 0.6) is 0 Å². The number of aliphatic hydroxyl groups is 1. The Hall–Kier alpha value is -1.61. The molecule has 1 N–H and O–H groups in total. The molecule has 3 nitrogen and oxygen atoms in total. The first kappa shape index (κ1) is 12.5. The average molecular weight is 219 g/mol. The van der Waals surface area contributed by atoms with Crippen molar-refractivity contribution in [2.45, 2.75) is 19.4 Å². The highest BCUT2D eigenvalue weighted by Crippen LogP contribution is 2.15. The molecule has 1 rings (SSSR count). The molecule has 3 heteroatoms. The number of nitrogens with zero attached hydrogens (tertiary/aromatic N) is 1. The van der Waals surface area contributed by atoms with E-state index in [0.29, 0.717) is 6.42 Å². The minimum Gasteiger partial charge on any atom is -0.388 e. The zero-order valence-corrected chi connectivity index (χ0v) is 9.68. The molecule has 0 spiro atoms. The van der Waals surface area contributed by atoms with Gasteiger partial charge in [0.25, 0.3) is 5.91 Å². The molecule has 0 aromatic heterocycles. The first-order valence-corrected chi connectivity index (χ1v) is 5.28. The smallest absolute Gasteiger partial charge is 0.255 e. The van der Waals surface area contributed by atoms with Crippen LogP contribution < -0.4 is 4.90 Å². The standard InChI is InChI=1S/C13H17NO2/c1-4-12(15)10(2)13(16)14(3)11-8-6-5-7-9-11/h5-9,12,15H,2,4H2,1,3H3. The quantitative estimate of drug-likeness (QED) is 0.786. The van der Waals surface area contributed by atoms with E-state index in [4.69, 9.17) is 0 Å². The molecule has 0 aliphatic heterocycles. The van der Waals surface area contributed by atoms with E-state index in [1.807, 2.05) is 37.3 Å². The summed E-state index contributed by atoms with van der Waals surface area (Å²) in [5, 5.41) is 9.55. The van der Waals surface area contributed by atoms with Crippen molar-refractivity contribution in [3.8, 4) is 0 Å². The third-order valence-corrected chi connectivity index (χ3v) is 2.51. The maximum absolute atomic E-state index is 11.9. The van der Waals surface area contributed by atoms with E-state index >= 15 is 0 Å². The zero-order chi connectivity index (χ0) is 12.1. The molecule has 0 heterocycles. The van der Waals surface area contributed by atoms with Crippen molar-refractivity contribution in [1.82, 2.24) is 0 Å². The largest absolute Gasteiger partial charge is 0.388 e. The Morgan fingerprint density at radius 2 is 2.00 bits per heavy atom. The van der Waals surface area contributed by atoms with Gasteiger partial charge in [0.2, 0.25) is 0 Å². The van der Waals surface area contributed by atoms with Crippen molar-refractivity contribution in [3.05, 3.63) is 42.5 Å². The fourth-order valence-corrected chi connectivity index (χ4v) is 1.37. The molecule has 1 atom stereocenters. The van der Waals surface area contributed by atoms with E-state index in [0.717, 1.165) is 5.69 Å². The molecule has 0 fully saturated rings. The number of rotatable bonds is 4. The van der Waals surface area contributed by atoms with Crippen LogP contribution >= 0.6 is 0 Å². The Morgan fingerprint density at radius 1 is 1.44 bits per heavy atom. The summed E-state index contributed by atoms with van der Waals surface area (Å²) in [6.07, 6.45) is -0.272. The van der Waals surface area contributed by atoms with E-state index in [9.17, 15) is 9.90 Å². The van der Waals surface area contributed by atoms with Crippen LogP contribution in [0.3, 0.4) is 0 Å². The number of hydrogen-bond donors (Lipinski definition) is 1. The van der Waals surface area contributed by atoms with Crippen LogP contribution in [-0.2, 0) is 4.79 Å². The highest BCUT2D eigenvalue weighted by molar-refractivity contribution is 6.05. The second kappa shape index (κ2) is 5.47. The van der Waals surface area contributed by atoms with Crippen molar-refractivity contribution >= 4 is 11.6 Å². The Morgan fingerprint density at radius 3 is 2.50 bits per heavy atom. The highest BCUT2D eigenvalue weighted by Gasteiger charge is 2.19. The molecule has 16 heavy (non-hydrogen) atoms. The van der Waals surface area contributed by atoms with Gasteiger partial charge in [-0.3, -0.25) is 4.79 Å². The Kier molecular flexibility index (Phi) is 4.26. The second-order valence-corrected chi connectivity index (χ2v) is 3.65. The minimum absolute atomic E-state index is 0.230. The van der Waals surface area contributed by atoms with Gasteiger partial charge in [-0.1, -0.05) is 31.7 Å². The molecule has 86 valence electrons. The molecule has 1 aromatic rings. The van der Waals surface area contributed by atoms with Crippen LogP contribution in [0.1, 0.15) is 13.3 Å². The summed E-state index contributed by atoms with van der Waals surface area (Å²) in [6.45, 7) is 5.44. The van der Waals surface area contributed by atoms with Gasteiger partial charge in [0.15, 0.2) is 0 Å². The van der Waals surface area contributed by atoms with Gasteiger partial charge in [-0.05, 0) is 18.6 Å². The Labute approximate surface area is 96.0 Å². The average Bonchev–Trinajstić information content (AvgIpc) is 2.36. The predicted molar refractivity (Wildman–Crippen MR) is 65.3 cm³/mol. The van der Waals surface area contributed by atoms with Crippen molar-refractivity contribution < 1.29 is 9.90 Å². The molecule has 0 radical (unpaired) electrons. The number of amides is 1. The van der Waals surface area contributed by atoms with E-state index in [1.165, 1.54) is 4.90 Å². The van der Waals surface area contributed by atoms with E-state index in [1.54, 1.807) is 7.05 Å². The van der Waals surface area contributed by atoms with Crippen molar-refractivity contribution in [3.63, 3.8) is 0 Å². The normalized spacial score (nSPS) is 11.9. The number of benzene rings is 1. The van der Waals surface area contributed by atoms with Crippen LogP contribution in [0.4, 0.5) is 5.69 Å². The molecule has 1 unspecified atom stereocenters. The first-order valence-electron chi connectivity index (χ1n) is 5.28. The molecule has 0 saturated carbocycles. The topological polar surface area (TPSA) is 40.5 Å². The Balaban J connectivity index is 2.79. The van der Waals surface area contributed by atoms with Gasteiger partial charge in [0.05, 0.1) is 6.10 Å². The van der Waals surface area contributed by atoms with Crippen molar-refractivity contribution in [2.24, 2.45) is 0 Å². The number of likely N-dealkylation sites (N-methyl/N-ethyl adjacent to an activating group) is 1. The van der Waals surface area contributed by atoms with Crippen molar-refractivity contribution in [1.29, 1.82) is 0 Å². The number of aliphatic hydroxyl groups excluding tert-OH is 1. The molecule has 0 bridgehead atoms. The summed E-state index contributed by atoms with van der Waals surface area (Å²) < 4.78 is 0. The molecule has 0 aliphatic carbocycles. The van der Waals surface area contributed by atoms with Crippen LogP contribution in [0.15, 0.2) is 42.5 Å². The lowest BCUT2D eigenvalue weighted by Gasteiger charge is -2.20. The van der Waals surface area contributed by atoms with Gasteiger partial charge in [0, 0.05) is 18.3 Å². The maximum atomic E-state index is 11.9. The summed E-state index contributed by atoms with van der Waals surface area (Å²) >= 11 is 0. The summed E-state index contributed by atoms with van der Waals surface area (Å²) in [6, 6.07) is 9.28. The number of carbonyl (C=O) groups excluding carboxylic acids is 1. The molecule has 0 saturated heterocycles. The molecule has 0 aliphatic rings. The lowest BCUT2D eigenvalue weighted by atomic mass is 10.1. The monoisotopic (exact) mass is 219 g/mol. The highest BCUT2D eigenvalue weighted by atomic mass is 16.3. The van der Waals surface area contributed by atoms with Gasteiger partial charge < -0.3 is 10.0 Å². The molecular weight excluding hydrogens is 202 g/mol. The number of carbonyl (C=O) groups is 1. The van der Waals surface area contributed by atoms with E-state index in [-0.39, 0.29) is 11.5 Å². The zero-order valence-electron chi connectivity index (χ0n) is 9.68. The van der Waals surface area contributed by atoms with Crippen LogP contribution in [-0.4, -0.2) is 24.2 Å².